The van der Waals surface area contributed by atoms with E-state index in [-0.39, 0.29) is 10.6 Å². The SMILES string of the molecule is CC[C@@H](C)c1ccc(NC(=O)COC(=O)c2ccc(Cl)cc2Cl)cc1. The fourth-order valence-corrected chi connectivity index (χ4v) is 2.68. The Balaban J connectivity index is 1.89. The zero-order valence-electron chi connectivity index (χ0n) is 14.0. The van der Waals surface area contributed by atoms with Crippen molar-refractivity contribution in [3.8, 4) is 0 Å². The molecular formula is C19H19Cl2NO3. The Morgan fingerprint density at radius 1 is 1.12 bits per heavy atom. The largest absolute Gasteiger partial charge is 0.452 e. The fourth-order valence-electron chi connectivity index (χ4n) is 2.19. The molecule has 0 unspecified atom stereocenters. The van der Waals surface area contributed by atoms with Crippen LogP contribution in [0.5, 0.6) is 0 Å². The standard InChI is InChI=1S/C19H19Cl2NO3/c1-3-12(2)13-4-7-15(8-5-13)22-18(23)11-25-19(24)16-9-6-14(20)10-17(16)21/h4-10,12H,3,11H2,1-2H3,(H,22,23)/t12-/m1/s1. The molecule has 0 heterocycles. The Kier molecular flexibility index (Phi) is 6.85. The lowest BCUT2D eigenvalue weighted by atomic mass is 9.99. The van der Waals surface area contributed by atoms with Gasteiger partial charge in [0.15, 0.2) is 6.61 Å². The highest BCUT2D eigenvalue weighted by Crippen LogP contribution is 2.22. The molecule has 0 saturated carbocycles. The smallest absolute Gasteiger partial charge is 0.340 e. The Labute approximate surface area is 157 Å². The Hall–Kier alpha value is -2.04. The van der Waals surface area contributed by atoms with Crippen LogP contribution in [-0.4, -0.2) is 18.5 Å². The van der Waals surface area contributed by atoms with Gasteiger partial charge in [-0.05, 0) is 48.2 Å². The van der Waals surface area contributed by atoms with Crippen molar-refractivity contribution in [2.24, 2.45) is 0 Å². The maximum atomic E-state index is 12.0. The average molecular weight is 380 g/mol. The van der Waals surface area contributed by atoms with Gasteiger partial charge in [-0.25, -0.2) is 4.79 Å². The molecule has 2 aromatic rings. The molecule has 2 aromatic carbocycles. The summed E-state index contributed by atoms with van der Waals surface area (Å²) in [7, 11) is 0. The van der Waals surface area contributed by atoms with Crippen LogP contribution in [0.15, 0.2) is 42.5 Å². The van der Waals surface area contributed by atoms with Crippen LogP contribution in [0.1, 0.15) is 42.1 Å². The minimum Gasteiger partial charge on any atom is -0.452 e. The monoisotopic (exact) mass is 379 g/mol. The minimum atomic E-state index is -0.677. The number of hydrogen-bond acceptors (Lipinski definition) is 3. The first kappa shape index (κ1) is 19.3. The summed E-state index contributed by atoms with van der Waals surface area (Å²) < 4.78 is 4.98. The molecule has 6 heteroatoms. The van der Waals surface area contributed by atoms with E-state index in [0.29, 0.717) is 16.6 Å². The zero-order valence-corrected chi connectivity index (χ0v) is 15.5. The van der Waals surface area contributed by atoms with Gasteiger partial charge in [-0.3, -0.25) is 4.79 Å². The normalized spacial score (nSPS) is 11.7. The van der Waals surface area contributed by atoms with Gasteiger partial charge in [0.05, 0.1) is 10.6 Å². The van der Waals surface area contributed by atoms with E-state index in [4.69, 9.17) is 27.9 Å². The average Bonchev–Trinajstić information content (AvgIpc) is 2.59. The minimum absolute atomic E-state index is 0.164. The first-order chi connectivity index (χ1) is 11.9. The van der Waals surface area contributed by atoms with E-state index in [1.165, 1.54) is 23.8 Å². The van der Waals surface area contributed by atoms with Gasteiger partial charge in [-0.1, -0.05) is 49.2 Å². The third-order valence-electron chi connectivity index (χ3n) is 3.86. The summed E-state index contributed by atoms with van der Waals surface area (Å²) >= 11 is 11.7. The van der Waals surface area contributed by atoms with Gasteiger partial charge in [0, 0.05) is 10.7 Å². The van der Waals surface area contributed by atoms with E-state index < -0.39 is 18.5 Å². The van der Waals surface area contributed by atoms with E-state index in [1.54, 1.807) is 0 Å². The Morgan fingerprint density at radius 3 is 2.40 bits per heavy atom. The van der Waals surface area contributed by atoms with Crippen LogP contribution in [0, 0.1) is 0 Å². The highest BCUT2D eigenvalue weighted by atomic mass is 35.5. The molecule has 4 nitrogen and oxygen atoms in total. The van der Waals surface area contributed by atoms with Crippen LogP contribution in [-0.2, 0) is 9.53 Å². The number of benzene rings is 2. The maximum Gasteiger partial charge on any atom is 0.340 e. The maximum absolute atomic E-state index is 12.0. The number of nitrogens with one attached hydrogen (secondary N) is 1. The van der Waals surface area contributed by atoms with Crippen LogP contribution < -0.4 is 5.32 Å². The molecule has 0 aliphatic carbocycles. The second-order valence-corrected chi connectivity index (χ2v) is 6.52. The number of esters is 1. The van der Waals surface area contributed by atoms with E-state index in [2.05, 4.69) is 19.2 Å². The number of halogens is 2. The van der Waals surface area contributed by atoms with Crippen molar-refractivity contribution in [1.82, 2.24) is 0 Å². The summed E-state index contributed by atoms with van der Waals surface area (Å²) in [4.78, 5) is 23.9. The quantitative estimate of drug-likeness (QED) is 0.692. The van der Waals surface area contributed by atoms with Crippen molar-refractivity contribution in [1.29, 1.82) is 0 Å². The molecule has 2 rings (SSSR count). The lowest BCUT2D eigenvalue weighted by Crippen LogP contribution is -2.21. The first-order valence-corrected chi connectivity index (χ1v) is 8.68. The second kappa shape index (κ2) is 8.88. The van der Waals surface area contributed by atoms with Gasteiger partial charge in [-0.2, -0.15) is 0 Å². The molecule has 0 aromatic heterocycles. The number of carbonyl (C=O) groups excluding carboxylic acids is 2. The van der Waals surface area contributed by atoms with Gasteiger partial charge in [0.25, 0.3) is 5.91 Å². The summed E-state index contributed by atoms with van der Waals surface area (Å²) in [6, 6.07) is 12.0. The first-order valence-electron chi connectivity index (χ1n) is 7.92. The molecule has 0 saturated heterocycles. The van der Waals surface area contributed by atoms with Gasteiger partial charge in [0.2, 0.25) is 0 Å². The molecular weight excluding hydrogens is 361 g/mol. The molecule has 0 fully saturated rings. The number of anilines is 1. The number of ether oxygens (including phenoxy) is 1. The van der Waals surface area contributed by atoms with Gasteiger partial charge < -0.3 is 10.1 Å². The van der Waals surface area contributed by atoms with Gasteiger partial charge >= 0.3 is 5.97 Å². The number of amides is 1. The van der Waals surface area contributed by atoms with Crippen LogP contribution in [0.4, 0.5) is 5.69 Å². The van der Waals surface area contributed by atoms with Crippen LogP contribution in [0.2, 0.25) is 10.0 Å². The topological polar surface area (TPSA) is 55.4 Å². The molecule has 0 radical (unpaired) electrons. The molecule has 132 valence electrons. The predicted octanol–water partition coefficient (Wildman–Crippen LogP) is 5.30. The molecule has 1 atom stereocenters. The van der Waals surface area contributed by atoms with Crippen LogP contribution in [0.3, 0.4) is 0 Å². The van der Waals surface area contributed by atoms with Crippen molar-refractivity contribution >= 4 is 40.8 Å². The lowest BCUT2D eigenvalue weighted by molar-refractivity contribution is -0.119. The molecule has 0 aliphatic heterocycles. The Morgan fingerprint density at radius 2 is 1.80 bits per heavy atom. The van der Waals surface area contributed by atoms with Crippen molar-refractivity contribution in [2.75, 3.05) is 11.9 Å². The van der Waals surface area contributed by atoms with Crippen LogP contribution >= 0.6 is 23.2 Å². The highest BCUT2D eigenvalue weighted by Gasteiger charge is 2.14. The third kappa shape index (κ3) is 5.48. The van der Waals surface area contributed by atoms with Gasteiger partial charge in [-0.15, -0.1) is 0 Å². The van der Waals surface area contributed by atoms with E-state index in [1.807, 2.05) is 24.3 Å². The summed E-state index contributed by atoms with van der Waals surface area (Å²) in [5.41, 5.74) is 2.03. The summed E-state index contributed by atoms with van der Waals surface area (Å²) in [6.07, 6.45) is 1.05. The molecule has 0 bridgehead atoms. The van der Waals surface area contributed by atoms with Crippen molar-refractivity contribution in [3.05, 3.63) is 63.6 Å². The summed E-state index contributed by atoms with van der Waals surface area (Å²) in [5.74, 6) is -0.631. The molecule has 0 spiro atoms. The van der Waals surface area contributed by atoms with E-state index in [0.717, 1.165) is 6.42 Å². The molecule has 1 amide bonds. The van der Waals surface area contributed by atoms with E-state index in [9.17, 15) is 9.59 Å². The third-order valence-corrected chi connectivity index (χ3v) is 4.41. The number of carbonyl (C=O) groups is 2. The van der Waals surface area contributed by atoms with Crippen molar-refractivity contribution < 1.29 is 14.3 Å². The van der Waals surface area contributed by atoms with Gasteiger partial charge in [0.1, 0.15) is 0 Å². The summed E-state index contributed by atoms with van der Waals surface area (Å²) in [5, 5.41) is 3.28. The second-order valence-electron chi connectivity index (χ2n) is 5.68. The molecule has 1 N–H and O–H groups in total. The molecule has 25 heavy (non-hydrogen) atoms. The summed E-state index contributed by atoms with van der Waals surface area (Å²) in [6.45, 7) is 3.88. The number of hydrogen-bond donors (Lipinski definition) is 1. The predicted molar refractivity (Wildman–Crippen MR) is 101 cm³/mol. The number of rotatable bonds is 6. The highest BCUT2D eigenvalue weighted by molar-refractivity contribution is 6.36. The fraction of sp³-hybridized carbons (Fsp3) is 0.263. The molecule has 0 aliphatic rings. The van der Waals surface area contributed by atoms with Crippen molar-refractivity contribution in [2.45, 2.75) is 26.2 Å². The van der Waals surface area contributed by atoms with Crippen LogP contribution in [0.25, 0.3) is 0 Å². The van der Waals surface area contributed by atoms with E-state index >= 15 is 0 Å². The zero-order chi connectivity index (χ0) is 18.4. The Bertz CT molecular complexity index is 760. The lowest BCUT2D eigenvalue weighted by Gasteiger charge is -2.11. The van der Waals surface area contributed by atoms with Crippen molar-refractivity contribution in [3.63, 3.8) is 0 Å².